The minimum atomic E-state index is 0.673. The minimum absolute atomic E-state index is 0.673. The van der Waals surface area contributed by atoms with E-state index >= 15 is 0 Å². The molecule has 0 unspecified atom stereocenters. The van der Waals surface area contributed by atoms with E-state index in [4.69, 9.17) is 4.98 Å². The van der Waals surface area contributed by atoms with Crippen LogP contribution in [-0.2, 0) is 0 Å². The van der Waals surface area contributed by atoms with Crippen molar-refractivity contribution in [3.05, 3.63) is 72.3 Å². The number of thioether (sulfide) groups is 1. The van der Waals surface area contributed by atoms with E-state index in [-0.39, 0.29) is 0 Å². The lowest BCUT2D eigenvalue weighted by Gasteiger charge is -2.12. The van der Waals surface area contributed by atoms with E-state index in [0.29, 0.717) is 5.56 Å². The maximum atomic E-state index is 9.78. The molecule has 0 fully saturated rings. The molecule has 0 amide bonds. The van der Waals surface area contributed by atoms with Crippen molar-refractivity contribution in [3.63, 3.8) is 0 Å². The van der Waals surface area contributed by atoms with Crippen LogP contribution in [0.25, 0.3) is 22.4 Å². The third-order valence-electron chi connectivity index (χ3n) is 3.99. The van der Waals surface area contributed by atoms with E-state index in [1.165, 1.54) is 0 Å². The van der Waals surface area contributed by atoms with Crippen molar-refractivity contribution >= 4 is 11.8 Å². The predicted octanol–water partition coefficient (Wildman–Crippen LogP) is 6.18. The van der Waals surface area contributed by atoms with E-state index < -0.39 is 0 Å². The fraction of sp³-hybridized carbons (Fsp3) is 0.182. The van der Waals surface area contributed by atoms with Crippen LogP contribution in [0.2, 0.25) is 0 Å². The van der Waals surface area contributed by atoms with Gasteiger partial charge in [-0.3, -0.25) is 0 Å². The van der Waals surface area contributed by atoms with Crippen molar-refractivity contribution in [1.82, 2.24) is 4.98 Å². The fourth-order valence-corrected chi connectivity index (χ4v) is 3.74. The molecular weight excluding hydrogens is 324 g/mol. The smallest absolute Gasteiger partial charge is 0.115 e. The van der Waals surface area contributed by atoms with E-state index in [1.54, 1.807) is 11.8 Å². The van der Waals surface area contributed by atoms with E-state index in [0.717, 1.165) is 46.0 Å². The van der Waals surface area contributed by atoms with Crippen LogP contribution in [0.5, 0.6) is 0 Å². The minimum Gasteiger partial charge on any atom is -0.240 e. The molecule has 0 spiro atoms. The van der Waals surface area contributed by atoms with Crippen LogP contribution < -0.4 is 0 Å². The maximum absolute atomic E-state index is 9.78. The summed E-state index contributed by atoms with van der Waals surface area (Å²) in [6.07, 6.45) is 2.26. The van der Waals surface area contributed by atoms with Gasteiger partial charge in [-0.15, -0.1) is 11.8 Å². The number of aromatic nitrogens is 1. The summed E-state index contributed by atoms with van der Waals surface area (Å²) in [5, 5.41) is 10.6. The number of hydrogen-bond donors (Lipinski definition) is 0. The molecule has 0 bridgehead atoms. The Labute approximate surface area is 153 Å². The van der Waals surface area contributed by atoms with Crippen LogP contribution in [0.15, 0.2) is 71.8 Å². The van der Waals surface area contributed by atoms with Crippen LogP contribution in [0.3, 0.4) is 0 Å². The lowest BCUT2D eigenvalue weighted by molar-refractivity contribution is 0.894. The Balaban J connectivity index is 2.15. The van der Waals surface area contributed by atoms with Gasteiger partial charge in [-0.2, -0.15) is 5.26 Å². The molecule has 3 heteroatoms. The fourth-order valence-electron chi connectivity index (χ4n) is 2.65. The van der Waals surface area contributed by atoms with Crippen molar-refractivity contribution in [3.8, 4) is 28.5 Å². The van der Waals surface area contributed by atoms with Crippen molar-refractivity contribution in [1.29, 1.82) is 5.26 Å². The number of benzene rings is 2. The molecule has 25 heavy (non-hydrogen) atoms. The van der Waals surface area contributed by atoms with Gasteiger partial charge in [-0.25, -0.2) is 4.98 Å². The topological polar surface area (TPSA) is 36.7 Å². The lowest BCUT2D eigenvalue weighted by Crippen LogP contribution is -1.96. The molecule has 2 aromatic carbocycles. The third kappa shape index (κ3) is 4.10. The van der Waals surface area contributed by atoms with Crippen LogP contribution in [0, 0.1) is 11.3 Å². The first-order chi connectivity index (χ1) is 12.3. The zero-order valence-corrected chi connectivity index (χ0v) is 15.1. The second-order valence-corrected chi connectivity index (χ2v) is 6.86. The summed E-state index contributed by atoms with van der Waals surface area (Å²) in [5.41, 5.74) is 4.66. The second kappa shape index (κ2) is 8.50. The van der Waals surface area contributed by atoms with Crippen LogP contribution in [0.1, 0.15) is 25.3 Å². The van der Waals surface area contributed by atoms with Gasteiger partial charge in [0, 0.05) is 11.1 Å². The van der Waals surface area contributed by atoms with Gasteiger partial charge in [-0.05, 0) is 23.8 Å². The quantitative estimate of drug-likeness (QED) is 0.396. The predicted molar refractivity (Wildman–Crippen MR) is 105 cm³/mol. The molecule has 0 radical (unpaired) electrons. The van der Waals surface area contributed by atoms with Gasteiger partial charge in [0.1, 0.15) is 11.1 Å². The molecule has 124 valence electrons. The number of hydrogen-bond acceptors (Lipinski definition) is 3. The summed E-state index contributed by atoms with van der Waals surface area (Å²) in [6.45, 7) is 2.18. The second-order valence-electron chi connectivity index (χ2n) is 5.78. The Morgan fingerprint density at radius 1 is 0.960 bits per heavy atom. The van der Waals surface area contributed by atoms with Crippen LogP contribution in [-0.4, -0.2) is 10.7 Å². The standard InChI is InChI=1S/C22H20N2S/c1-2-3-14-25-22-20(16-23)19(17-10-6-4-7-11-17)15-21(24-22)18-12-8-5-9-13-18/h4-13,15H,2-3,14H2,1H3. The monoisotopic (exact) mass is 344 g/mol. The first kappa shape index (κ1) is 17.3. The molecule has 0 aliphatic heterocycles. The summed E-state index contributed by atoms with van der Waals surface area (Å²) in [6, 6.07) is 24.7. The summed E-state index contributed by atoms with van der Waals surface area (Å²) in [5.74, 6) is 0.977. The molecule has 1 heterocycles. The molecule has 0 atom stereocenters. The average Bonchev–Trinajstić information content (AvgIpc) is 2.69. The van der Waals surface area contributed by atoms with Crippen LogP contribution in [0.4, 0.5) is 0 Å². The molecular formula is C22H20N2S. The molecule has 0 saturated heterocycles. The van der Waals surface area contributed by atoms with E-state index in [2.05, 4.69) is 25.1 Å². The largest absolute Gasteiger partial charge is 0.240 e. The van der Waals surface area contributed by atoms with Crippen molar-refractivity contribution in [2.45, 2.75) is 24.8 Å². The molecule has 2 nitrogen and oxygen atoms in total. The Kier molecular flexibility index (Phi) is 5.87. The number of nitrogens with zero attached hydrogens (tertiary/aromatic N) is 2. The molecule has 0 saturated carbocycles. The highest BCUT2D eigenvalue weighted by Gasteiger charge is 2.15. The molecule has 0 aliphatic rings. The van der Waals surface area contributed by atoms with Gasteiger partial charge in [0.2, 0.25) is 0 Å². The third-order valence-corrected chi connectivity index (χ3v) is 5.05. The van der Waals surface area contributed by atoms with Crippen molar-refractivity contribution in [2.75, 3.05) is 5.75 Å². The van der Waals surface area contributed by atoms with Gasteiger partial charge in [0.05, 0.1) is 11.3 Å². The average molecular weight is 344 g/mol. The summed E-state index contributed by atoms with van der Waals surface area (Å²) < 4.78 is 0. The number of pyridine rings is 1. The Morgan fingerprint density at radius 3 is 2.20 bits per heavy atom. The van der Waals surface area contributed by atoms with Gasteiger partial charge in [0.25, 0.3) is 0 Å². The molecule has 0 N–H and O–H groups in total. The summed E-state index contributed by atoms with van der Waals surface area (Å²) in [7, 11) is 0. The lowest BCUT2D eigenvalue weighted by atomic mass is 9.99. The van der Waals surface area contributed by atoms with Crippen molar-refractivity contribution < 1.29 is 0 Å². The van der Waals surface area contributed by atoms with Gasteiger partial charge in [0.15, 0.2) is 0 Å². The first-order valence-electron chi connectivity index (χ1n) is 8.52. The van der Waals surface area contributed by atoms with Gasteiger partial charge < -0.3 is 0 Å². The molecule has 0 aliphatic carbocycles. The number of rotatable bonds is 6. The van der Waals surface area contributed by atoms with Crippen molar-refractivity contribution in [2.24, 2.45) is 0 Å². The normalized spacial score (nSPS) is 10.4. The van der Waals surface area contributed by atoms with Gasteiger partial charge >= 0.3 is 0 Å². The summed E-state index contributed by atoms with van der Waals surface area (Å²) >= 11 is 1.68. The highest BCUT2D eigenvalue weighted by atomic mass is 32.2. The SMILES string of the molecule is CCCCSc1nc(-c2ccccc2)cc(-c2ccccc2)c1C#N. The number of unbranched alkanes of at least 4 members (excludes halogenated alkanes) is 1. The van der Waals surface area contributed by atoms with E-state index in [9.17, 15) is 5.26 Å². The highest BCUT2D eigenvalue weighted by Crippen LogP contribution is 2.34. The zero-order chi connectivity index (χ0) is 17.5. The maximum Gasteiger partial charge on any atom is 0.115 e. The Morgan fingerprint density at radius 2 is 1.60 bits per heavy atom. The van der Waals surface area contributed by atoms with E-state index in [1.807, 2.05) is 54.6 Å². The molecule has 3 rings (SSSR count). The molecule has 3 aromatic rings. The van der Waals surface area contributed by atoms with Gasteiger partial charge in [-0.1, -0.05) is 74.0 Å². The Bertz CT molecular complexity index is 868. The number of nitriles is 1. The Hall–Kier alpha value is -2.57. The zero-order valence-electron chi connectivity index (χ0n) is 14.3. The first-order valence-corrected chi connectivity index (χ1v) is 9.51. The van der Waals surface area contributed by atoms with Crippen LogP contribution >= 0.6 is 11.8 Å². The highest BCUT2D eigenvalue weighted by molar-refractivity contribution is 7.99. The summed E-state index contributed by atoms with van der Waals surface area (Å²) in [4.78, 5) is 4.81. The molecule has 1 aromatic heterocycles.